The summed E-state index contributed by atoms with van der Waals surface area (Å²) in [6.07, 6.45) is 0.817. The van der Waals surface area contributed by atoms with E-state index in [9.17, 15) is 13.2 Å². The van der Waals surface area contributed by atoms with E-state index in [1.165, 1.54) is 25.4 Å². The van der Waals surface area contributed by atoms with Crippen LogP contribution < -0.4 is 19.1 Å². The number of hydrogen-bond donors (Lipinski definition) is 1. The standard InChI is InChI=1S/C22H28N2O5S/c1-15-8-6-9-16(2)20(15)24-13-7-12-22(3,30(24,26)27)21(25)23-18-11-10-17(28-4)14-19(18)29-5/h6,8-11,14H,7,12-13H2,1-5H3,(H,23,25)/t22-/m1/s1. The number of carbonyl (C=O) groups is 1. The Hall–Kier alpha value is -2.74. The Balaban J connectivity index is 1.98. The number of methoxy groups -OCH3 is 2. The lowest BCUT2D eigenvalue weighted by molar-refractivity contribution is -0.118. The van der Waals surface area contributed by atoms with Gasteiger partial charge in [0.2, 0.25) is 15.9 Å². The van der Waals surface area contributed by atoms with E-state index in [2.05, 4.69) is 5.32 Å². The number of aryl methyl sites for hydroxylation is 2. The highest BCUT2D eigenvalue weighted by Crippen LogP contribution is 2.39. The summed E-state index contributed by atoms with van der Waals surface area (Å²) in [4.78, 5) is 13.3. The van der Waals surface area contributed by atoms with E-state index in [1.54, 1.807) is 18.2 Å². The second-order valence-corrected chi connectivity index (χ2v) is 9.96. The van der Waals surface area contributed by atoms with Gasteiger partial charge in [-0.15, -0.1) is 0 Å². The van der Waals surface area contributed by atoms with E-state index >= 15 is 0 Å². The van der Waals surface area contributed by atoms with Crippen LogP contribution in [0.3, 0.4) is 0 Å². The molecule has 8 heteroatoms. The van der Waals surface area contributed by atoms with E-state index in [0.717, 1.165) is 11.1 Å². The molecule has 0 aliphatic carbocycles. The maximum Gasteiger partial charge on any atom is 0.249 e. The van der Waals surface area contributed by atoms with Crippen molar-refractivity contribution in [2.45, 2.75) is 38.4 Å². The van der Waals surface area contributed by atoms with Gasteiger partial charge in [-0.2, -0.15) is 0 Å². The third-order valence-electron chi connectivity index (χ3n) is 5.70. The Morgan fingerprint density at radius 2 is 1.77 bits per heavy atom. The Bertz CT molecular complexity index is 1050. The smallest absolute Gasteiger partial charge is 0.249 e. The molecule has 1 amide bonds. The molecule has 0 unspecified atom stereocenters. The van der Waals surface area contributed by atoms with E-state index in [0.29, 0.717) is 35.8 Å². The third-order valence-corrected chi connectivity index (χ3v) is 8.17. The molecular weight excluding hydrogens is 404 g/mol. The molecule has 1 fully saturated rings. The van der Waals surface area contributed by atoms with Crippen molar-refractivity contribution in [1.29, 1.82) is 0 Å². The lowest BCUT2D eigenvalue weighted by Crippen LogP contribution is -2.57. The molecular formula is C22H28N2O5S. The number of sulfonamides is 1. The van der Waals surface area contributed by atoms with Gasteiger partial charge < -0.3 is 14.8 Å². The average Bonchev–Trinajstić information content (AvgIpc) is 2.71. The zero-order chi connectivity index (χ0) is 22.1. The quantitative estimate of drug-likeness (QED) is 0.780. The number of nitrogens with zero attached hydrogens (tertiary/aromatic N) is 1. The predicted molar refractivity (Wildman–Crippen MR) is 118 cm³/mol. The fourth-order valence-electron chi connectivity index (χ4n) is 3.87. The first-order chi connectivity index (χ1) is 14.2. The van der Waals surface area contributed by atoms with Crippen LogP contribution in [0, 0.1) is 13.8 Å². The second kappa shape index (κ2) is 8.18. The highest BCUT2D eigenvalue weighted by molar-refractivity contribution is 7.95. The van der Waals surface area contributed by atoms with Gasteiger partial charge in [-0.1, -0.05) is 18.2 Å². The van der Waals surface area contributed by atoms with Crippen molar-refractivity contribution in [2.75, 3.05) is 30.4 Å². The normalized spacial score (nSPS) is 20.5. The fourth-order valence-corrected chi connectivity index (χ4v) is 5.94. The molecule has 1 atom stereocenters. The maximum atomic E-state index is 13.6. The number of nitrogens with one attached hydrogen (secondary N) is 1. The number of rotatable bonds is 5. The van der Waals surface area contributed by atoms with E-state index in [-0.39, 0.29) is 6.42 Å². The molecule has 1 aliphatic heterocycles. The fraction of sp³-hybridized carbons (Fsp3) is 0.409. The summed E-state index contributed by atoms with van der Waals surface area (Å²) in [5.74, 6) is 0.385. The molecule has 0 radical (unpaired) electrons. The molecule has 0 aromatic heterocycles. The topological polar surface area (TPSA) is 84.9 Å². The first-order valence-electron chi connectivity index (χ1n) is 9.77. The summed E-state index contributed by atoms with van der Waals surface area (Å²) in [5.41, 5.74) is 2.77. The van der Waals surface area contributed by atoms with Gasteiger partial charge in [-0.25, -0.2) is 8.42 Å². The Labute approximate surface area is 178 Å². The van der Waals surface area contributed by atoms with Crippen LogP contribution in [-0.4, -0.2) is 39.8 Å². The van der Waals surface area contributed by atoms with Crippen LogP contribution in [0.4, 0.5) is 11.4 Å². The summed E-state index contributed by atoms with van der Waals surface area (Å²) < 4.78 is 37.6. The number of amides is 1. The number of benzene rings is 2. The summed E-state index contributed by atoms with van der Waals surface area (Å²) in [6, 6.07) is 10.6. The lowest BCUT2D eigenvalue weighted by atomic mass is 10.0. The van der Waals surface area contributed by atoms with E-state index < -0.39 is 20.7 Å². The monoisotopic (exact) mass is 432 g/mol. The molecule has 1 aliphatic rings. The zero-order valence-electron chi connectivity index (χ0n) is 18.0. The number of anilines is 2. The van der Waals surface area contributed by atoms with Crippen molar-refractivity contribution < 1.29 is 22.7 Å². The highest BCUT2D eigenvalue weighted by atomic mass is 32.2. The number of ether oxygens (including phenoxy) is 2. The number of hydrogen-bond acceptors (Lipinski definition) is 5. The van der Waals surface area contributed by atoms with E-state index in [1.807, 2.05) is 32.0 Å². The third kappa shape index (κ3) is 3.60. The first kappa shape index (κ1) is 22.0. The minimum Gasteiger partial charge on any atom is -0.497 e. The van der Waals surface area contributed by atoms with Gasteiger partial charge in [0, 0.05) is 12.6 Å². The first-order valence-corrected chi connectivity index (χ1v) is 11.2. The van der Waals surface area contributed by atoms with Gasteiger partial charge in [-0.05, 0) is 56.9 Å². The Kier molecular flexibility index (Phi) is 5.99. The van der Waals surface area contributed by atoms with Crippen LogP contribution in [-0.2, 0) is 14.8 Å². The van der Waals surface area contributed by atoms with Crippen molar-refractivity contribution in [3.63, 3.8) is 0 Å². The van der Waals surface area contributed by atoms with Crippen LogP contribution in [0.15, 0.2) is 36.4 Å². The van der Waals surface area contributed by atoms with Crippen LogP contribution in [0.2, 0.25) is 0 Å². The minimum atomic E-state index is -3.96. The van der Waals surface area contributed by atoms with Crippen LogP contribution in [0.1, 0.15) is 30.9 Å². The summed E-state index contributed by atoms with van der Waals surface area (Å²) >= 11 is 0. The molecule has 0 saturated carbocycles. The molecule has 1 saturated heterocycles. The van der Waals surface area contributed by atoms with Crippen LogP contribution >= 0.6 is 0 Å². The average molecular weight is 433 g/mol. The molecule has 30 heavy (non-hydrogen) atoms. The highest BCUT2D eigenvalue weighted by Gasteiger charge is 2.52. The molecule has 2 aromatic carbocycles. The number of carbonyl (C=O) groups excluding carboxylic acids is 1. The molecule has 0 spiro atoms. The molecule has 2 aromatic rings. The van der Waals surface area contributed by atoms with Crippen molar-refractivity contribution in [1.82, 2.24) is 0 Å². The van der Waals surface area contributed by atoms with Gasteiger partial charge >= 0.3 is 0 Å². The lowest BCUT2D eigenvalue weighted by Gasteiger charge is -2.40. The van der Waals surface area contributed by atoms with Crippen LogP contribution in [0.5, 0.6) is 11.5 Å². The van der Waals surface area contributed by atoms with Crippen molar-refractivity contribution in [2.24, 2.45) is 0 Å². The molecule has 1 heterocycles. The van der Waals surface area contributed by atoms with Gasteiger partial charge in [0.25, 0.3) is 0 Å². The van der Waals surface area contributed by atoms with Gasteiger partial charge in [0.1, 0.15) is 11.5 Å². The maximum absolute atomic E-state index is 13.6. The molecule has 1 N–H and O–H groups in total. The van der Waals surface area contributed by atoms with Crippen molar-refractivity contribution in [3.05, 3.63) is 47.5 Å². The SMILES string of the molecule is COc1ccc(NC(=O)[C@@]2(C)CCCN(c3c(C)cccc3C)S2(=O)=O)c(OC)c1. The molecule has 0 bridgehead atoms. The van der Waals surface area contributed by atoms with E-state index in [4.69, 9.17) is 9.47 Å². The van der Waals surface area contributed by atoms with Crippen LogP contribution in [0.25, 0.3) is 0 Å². The Morgan fingerprint density at radius 3 is 2.37 bits per heavy atom. The Morgan fingerprint density at radius 1 is 1.10 bits per heavy atom. The molecule has 7 nitrogen and oxygen atoms in total. The minimum absolute atomic E-state index is 0.237. The zero-order valence-corrected chi connectivity index (χ0v) is 18.8. The van der Waals surface area contributed by atoms with Gasteiger partial charge in [-0.3, -0.25) is 9.10 Å². The largest absolute Gasteiger partial charge is 0.497 e. The number of para-hydroxylation sites is 1. The molecule has 3 rings (SSSR count). The summed E-state index contributed by atoms with van der Waals surface area (Å²) in [6.45, 7) is 5.61. The van der Waals surface area contributed by atoms with Crippen molar-refractivity contribution in [3.8, 4) is 11.5 Å². The second-order valence-electron chi connectivity index (χ2n) is 7.67. The molecule has 162 valence electrons. The summed E-state index contributed by atoms with van der Waals surface area (Å²) in [7, 11) is -0.947. The van der Waals surface area contributed by atoms with Crippen molar-refractivity contribution >= 4 is 27.3 Å². The van der Waals surface area contributed by atoms with Gasteiger partial charge in [0.05, 0.1) is 25.6 Å². The predicted octanol–water partition coefficient (Wildman–Crippen LogP) is 3.65. The van der Waals surface area contributed by atoms with Gasteiger partial charge in [0.15, 0.2) is 4.75 Å². The summed E-state index contributed by atoms with van der Waals surface area (Å²) in [5, 5.41) is 2.75.